The molecule has 0 aromatic heterocycles. The Labute approximate surface area is 90.1 Å². The average Bonchev–Trinajstić information content (AvgIpc) is 1.96. The molecule has 0 aromatic rings. The minimum atomic E-state index is -1.00. The van der Waals surface area contributed by atoms with Crippen LogP contribution < -0.4 is 17.4 Å². The third-order valence-corrected chi connectivity index (χ3v) is 1.58. The molecule has 0 aliphatic heterocycles. The number of carbonyl (C=O) groups is 1. The zero-order chi connectivity index (χ0) is 9.56. The molecule has 7 heteroatoms. The molecule has 0 aliphatic rings. The van der Waals surface area contributed by atoms with Gasteiger partial charge in [0.1, 0.15) is 6.04 Å². The topological polar surface area (TPSA) is 119 Å². The van der Waals surface area contributed by atoms with Crippen molar-refractivity contribution in [3.05, 3.63) is 0 Å². The number of hydrogen-bond acceptors (Lipinski definition) is 5. The van der Waals surface area contributed by atoms with Crippen LogP contribution in [0.4, 0.5) is 0 Å². The molecule has 1 unspecified atom stereocenters. The minimum absolute atomic E-state index is 0. The van der Waals surface area contributed by atoms with E-state index in [1.807, 2.05) is 0 Å². The van der Waals surface area contributed by atoms with Gasteiger partial charge in [-0.1, -0.05) is 0 Å². The number of nitrogens with zero attached hydrogens (tertiary/aromatic N) is 1. The molecule has 0 rings (SSSR count). The van der Waals surface area contributed by atoms with Crippen LogP contribution >= 0.6 is 0 Å². The molecule has 0 saturated carbocycles. The van der Waals surface area contributed by atoms with Crippen LogP contribution in [-0.4, -0.2) is 28.8 Å². The van der Waals surface area contributed by atoms with E-state index < -0.39 is 12.0 Å². The maximum atomic E-state index is 10.5. The molecule has 0 heterocycles. The minimum Gasteiger partial charge on any atom is -0.480 e. The number of hydrazine groups is 2. The largest absolute Gasteiger partial charge is 0.480 e. The fourth-order valence-corrected chi connectivity index (χ4v) is 0.882. The second-order valence-electron chi connectivity index (χ2n) is 2.59. The van der Waals surface area contributed by atoms with Gasteiger partial charge in [0.25, 0.3) is 0 Å². The smallest absolute Gasteiger partial charge is 0.323 e. The molecule has 6 nitrogen and oxygen atoms in total. The van der Waals surface area contributed by atoms with E-state index in [0.29, 0.717) is 13.0 Å². The first-order valence-corrected chi connectivity index (χ1v) is 3.81. The van der Waals surface area contributed by atoms with Gasteiger partial charge >= 0.3 is 5.97 Å². The Morgan fingerprint density at radius 3 is 2.23 bits per heavy atom. The summed E-state index contributed by atoms with van der Waals surface area (Å²) in [5.41, 5.74) is 5.24. The number of hydrogen-bond donors (Lipinski definition) is 4. The number of unbranched alkanes of at least 4 members (excludes halogenated alkanes) is 1. The summed E-state index contributed by atoms with van der Waals surface area (Å²) in [7, 11) is 0. The van der Waals surface area contributed by atoms with Crippen LogP contribution in [0.5, 0.6) is 0 Å². The Bertz CT molecular complexity index is 145. The van der Waals surface area contributed by atoms with Crippen LogP contribution in [0, 0.1) is 0 Å². The van der Waals surface area contributed by atoms with Crippen molar-refractivity contribution in [1.82, 2.24) is 5.12 Å². The van der Waals surface area contributed by atoms with Crippen LogP contribution in [0.1, 0.15) is 19.3 Å². The van der Waals surface area contributed by atoms with Gasteiger partial charge in [-0.15, -0.1) is 0 Å². The summed E-state index contributed by atoms with van der Waals surface area (Å²) in [6.07, 6.45) is 1.94. The Kier molecular flexibility index (Phi) is 10.1. The second-order valence-corrected chi connectivity index (χ2v) is 2.59. The van der Waals surface area contributed by atoms with Gasteiger partial charge in [0.15, 0.2) is 0 Å². The summed E-state index contributed by atoms with van der Waals surface area (Å²) in [5.74, 6) is 9.23. The van der Waals surface area contributed by atoms with Crippen LogP contribution in [0.15, 0.2) is 0 Å². The van der Waals surface area contributed by atoms with Gasteiger partial charge in [0, 0.05) is 19.5 Å². The summed E-state index contributed by atoms with van der Waals surface area (Å²) in [4.78, 5) is 10.5. The van der Waals surface area contributed by atoms with E-state index in [-0.39, 0.29) is 19.5 Å². The predicted molar refractivity (Wildman–Crippen MR) is 44.5 cm³/mol. The molecule has 1 atom stereocenters. The third-order valence-electron chi connectivity index (χ3n) is 1.58. The molecule has 0 radical (unpaired) electrons. The molecular formula is C6H16N4O2Zn. The van der Waals surface area contributed by atoms with Crippen molar-refractivity contribution in [2.45, 2.75) is 25.3 Å². The van der Waals surface area contributed by atoms with E-state index >= 15 is 0 Å². The number of rotatable bonds is 6. The van der Waals surface area contributed by atoms with E-state index in [1.54, 1.807) is 0 Å². The molecule has 7 N–H and O–H groups in total. The van der Waals surface area contributed by atoms with Gasteiger partial charge in [0.05, 0.1) is 0 Å². The fourth-order valence-electron chi connectivity index (χ4n) is 0.882. The van der Waals surface area contributed by atoms with Crippen LogP contribution in [0.25, 0.3) is 0 Å². The first-order valence-electron chi connectivity index (χ1n) is 3.81. The molecule has 0 amide bonds. The SMILES string of the molecule is NCCCCC(C(=O)O)N(N)N.[Zn]. The van der Waals surface area contributed by atoms with E-state index in [0.717, 1.165) is 18.0 Å². The normalized spacial score (nSPS) is 12.3. The Morgan fingerprint density at radius 1 is 1.38 bits per heavy atom. The van der Waals surface area contributed by atoms with Gasteiger partial charge in [-0.05, 0) is 25.8 Å². The number of carboxylic acids is 1. The first-order chi connectivity index (χ1) is 5.59. The van der Waals surface area contributed by atoms with Gasteiger partial charge < -0.3 is 10.8 Å². The first kappa shape index (κ1) is 15.4. The number of aliphatic carboxylic acids is 1. The summed E-state index contributed by atoms with van der Waals surface area (Å²) in [6, 6.07) is -0.809. The molecule has 0 spiro atoms. The van der Waals surface area contributed by atoms with Gasteiger partial charge in [-0.25, -0.2) is 0 Å². The van der Waals surface area contributed by atoms with Crippen LogP contribution in [0.2, 0.25) is 0 Å². The number of nitrogens with two attached hydrogens (primary N) is 3. The molecule has 74 valence electrons. The average molecular weight is 242 g/mol. The van der Waals surface area contributed by atoms with E-state index in [9.17, 15) is 4.79 Å². The fraction of sp³-hybridized carbons (Fsp3) is 0.833. The zero-order valence-corrected chi connectivity index (χ0v) is 10.6. The maximum Gasteiger partial charge on any atom is 0.323 e. The van der Waals surface area contributed by atoms with Crippen molar-refractivity contribution in [2.75, 3.05) is 6.54 Å². The monoisotopic (exact) mass is 240 g/mol. The molecule has 0 saturated heterocycles. The predicted octanol–water partition coefficient (Wildman–Crippen LogP) is -1.38. The van der Waals surface area contributed by atoms with Crippen molar-refractivity contribution < 1.29 is 29.4 Å². The Balaban J connectivity index is 0. The Hall–Kier alpha value is -0.0666. The third kappa shape index (κ3) is 7.04. The van der Waals surface area contributed by atoms with E-state index in [2.05, 4.69) is 0 Å². The molecule has 0 fully saturated rings. The van der Waals surface area contributed by atoms with Gasteiger partial charge in [-0.2, -0.15) is 5.12 Å². The van der Waals surface area contributed by atoms with Gasteiger partial charge in [-0.3, -0.25) is 16.5 Å². The van der Waals surface area contributed by atoms with E-state index in [1.165, 1.54) is 0 Å². The molecule has 13 heavy (non-hydrogen) atoms. The van der Waals surface area contributed by atoms with Gasteiger partial charge in [0.2, 0.25) is 0 Å². The maximum absolute atomic E-state index is 10.5. The van der Waals surface area contributed by atoms with Crippen molar-refractivity contribution in [3.8, 4) is 0 Å². The van der Waals surface area contributed by atoms with Crippen molar-refractivity contribution in [3.63, 3.8) is 0 Å². The van der Waals surface area contributed by atoms with Crippen molar-refractivity contribution in [1.29, 1.82) is 0 Å². The molecule has 0 aromatic carbocycles. The van der Waals surface area contributed by atoms with E-state index in [4.69, 9.17) is 22.5 Å². The summed E-state index contributed by atoms with van der Waals surface area (Å²) in [5, 5.41) is 9.33. The van der Waals surface area contributed by atoms with Crippen LogP contribution in [0.3, 0.4) is 0 Å². The Morgan fingerprint density at radius 2 is 1.92 bits per heavy atom. The molecular weight excluding hydrogens is 225 g/mol. The molecule has 0 bridgehead atoms. The van der Waals surface area contributed by atoms with Crippen molar-refractivity contribution in [2.24, 2.45) is 17.4 Å². The standard InChI is InChI=1S/C6H16N4O2.Zn/c7-4-2-1-3-5(6(11)12)10(8)9;/h5H,1-4,7-9H2,(H,11,12);. The quantitative estimate of drug-likeness (QED) is 0.197. The second kappa shape index (κ2) is 8.53. The number of carboxylic acid groups (broad SMARTS) is 1. The zero-order valence-electron chi connectivity index (χ0n) is 7.65. The summed E-state index contributed by atoms with van der Waals surface area (Å²) >= 11 is 0. The van der Waals surface area contributed by atoms with Crippen LogP contribution in [-0.2, 0) is 24.3 Å². The summed E-state index contributed by atoms with van der Waals surface area (Å²) < 4.78 is 0. The van der Waals surface area contributed by atoms with Crippen molar-refractivity contribution >= 4 is 5.97 Å². The molecule has 0 aliphatic carbocycles. The summed E-state index contributed by atoms with van der Waals surface area (Å²) in [6.45, 7) is 0.557.